The van der Waals surface area contributed by atoms with Crippen LogP contribution < -0.4 is 0 Å². The Hall–Kier alpha value is -0.240. The SMILES string of the molecule is CCCCC(CC)COC1O[C@H](CO)[C@@H](O)[C@H](O)[C@H]1O. The van der Waals surface area contributed by atoms with Gasteiger partial charge in [0.2, 0.25) is 0 Å². The summed E-state index contributed by atoms with van der Waals surface area (Å²) in [5.41, 5.74) is 0. The Kier molecular flexibility index (Phi) is 7.94. The van der Waals surface area contributed by atoms with Gasteiger partial charge in [-0.25, -0.2) is 0 Å². The molecule has 1 rings (SSSR count). The van der Waals surface area contributed by atoms with Crippen LogP contribution in [0.15, 0.2) is 0 Å². The van der Waals surface area contributed by atoms with Crippen LogP contribution in [0.25, 0.3) is 0 Å². The van der Waals surface area contributed by atoms with Gasteiger partial charge in [0.05, 0.1) is 13.2 Å². The molecule has 1 saturated heterocycles. The average molecular weight is 292 g/mol. The summed E-state index contributed by atoms with van der Waals surface area (Å²) in [6.45, 7) is 4.21. The van der Waals surface area contributed by atoms with Gasteiger partial charge in [0.1, 0.15) is 24.4 Å². The van der Waals surface area contributed by atoms with E-state index in [1.807, 2.05) is 0 Å². The molecule has 1 aliphatic rings. The molecule has 1 fully saturated rings. The molecule has 2 unspecified atom stereocenters. The first-order chi connectivity index (χ1) is 9.54. The molecule has 4 N–H and O–H groups in total. The van der Waals surface area contributed by atoms with Crippen LogP contribution in [0.1, 0.15) is 39.5 Å². The highest BCUT2D eigenvalue weighted by atomic mass is 16.7. The van der Waals surface area contributed by atoms with Crippen molar-refractivity contribution in [1.29, 1.82) is 0 Å². The molecule has 0 saturated carbocycles. The van der Waals surface area contributed by atoms with Gasteiger partial charge in [-0.15, -0.1) is 0 Å². The molecule has 1 heterocycles. The van der Waals surface area contributed by atoms with Crippen LogP contribution in [-0.2, 0) is 9.47 Å². The lowest BCUT2D eigenvalue weighted by Gasteiger charge is -2.40. The minimum atomic E-state index is -1.37. The highest BCUT2D eigenvalue weighted by Gasteiger charge is 2.44. The first-order valence-corrected chi connectivity index (χ1v) is 7.47. The highest BCUT2D eigenvalue weighted by Crippen LogP contribution is 2.23. The van der Waals surface area contributed by atoms with E-state index < -0.39 is 37.3 Å². The second kappa shape index (κ2) is 8.92. The Labute approximate surface area is 120 Å². The topological polar surface area (TPSA) is 99.4 Å². The maximum atomic E-state index is 9.84. The predicted molar refractivity (Wildman–Crippen MR) is 73.0 cm³/mol. The lowest BCUT2D eigenvalue weighted by molar-refractivity contribution is -0.303. The lowest BCUT2D eigenvalue weighted by atomic mass is 9.98. The minimum absolute atomic E-state index is 0.377. The number of aliphatic hydroxyl groups excluding tert-OH is 4. The molecule has 0 radical (unpaired) electrons. The molecule has 20 heavy (non-hydrogen) atoms. The summed E-state index contributed by atoms with van der Waals surface area (Å²) in [5, 5.41) is 38.3. The Morgan fingerprint density at radius 1 is 1.10 bits per heavy atom. The fourth-order valence-electron chi connectivity index (χ4n) is 2.33. The Balaban J connectivity index is 2.48. The number of aliphatic hydroxyl groups is 4. The quantitative estimate of drug-likeness (QED) is 0.503. The fourth-order valence-corrected chi connectivity index (χ4v) is 2.33. The molecule has 0 spiro atoms. The lowest BCUT2D eigenvalue weighted by Crippen LogP contribution is -2.59. The summed E-state index contributed by atoms with van der Waals surface area (Å²) < 4.78 is 10.8. The summed E-state index contributed by atoms with van der Waals surface area (Å²) in [6, 6.07) is 0. The van der Waals surface area contributed by atoms with Gasteiger partial charge in [-0.05, 0) is 12.3 Å². The maximum Gasteiger partial charge on any atom is 0.186 e. The standard InChI is InChI=1S/C14H28O6/c1-3-5-6-9(4-2)8-19-14-13(18)12(17)11(16)10(7-15)20-14/h9-18H,3-8H2,1-2H3/t9?,10-,11-,12+,13-,14?/m1/s1. The van der Waals surface area contributed by atoms with Crippen molar-refractivity contribution in [2.75, 3.05) is 13.2 Å². The van der Waals surface area contributed by atoms with Gasteiger partial charge in [-0.3, -0.25) is 0 Å². The van der Waals surface area contributed by atoms with E-state index in [4.69, 9.17) is 14.6 Å². The molecule has 0 aromatic carbocycles. The third kappa shape index (κ3) is 4.65. The van der Waals surface area contributed by atoms with Crippen molar-refractivity contribution in [3.8, 4) is 0 Å². The molecule has 0 bridgehead atoms. The van der Waals surface area contributed by atoms with Gasteiger partial charge in [0.25, 0.3) is 0 Å². The van der Waals surface area contributed by atoms with E-state index >= 15 is 0 Å². The molecule has 0 aromatic heterocycles. The van der Waals surface area contributed by atoms with Gasteiger partial charge >= 0.3 is 0 Å². The number of ether oxygens (including phenoxy) is 2. The van der Waals surface area contributed by atoms with Crippen molar-refractivity contribution in [1.82, 2.24) is 0 Å². The zero-order chi connectivity index (χ0) is 15.1. The molecule has 6 nitrogen and oxygen atoms in total. The average Bonchev–Trinajstić information content (AvgIpc) is 2.47. The van der Waals surface area contributed by atoms with Crippen molar-refractivity contribution < 1.29 is 29.9 Å². The first kappa shape index (κ1) is 17.8. The molecule has 120 valence electrons. The smallest absolute Gasteiger partial charge is 0.186 e. The Morgan fingerprint density at radius 3 is 2.35 bits per heavy atom. The second-order valence-electron chi connectivity index (χ2n) is 5.45. The van der Waals surface area contributed by atoms with Crippen LogP contribution in [0.4, 0.5) is 0 Å². The summed E-state index contributed by atoms with van der Waals surface area (Å²) in [6.07, 6.45) is -1.68. The molecule has 0 aliphatic carbocycles. The Bertz CT molecular complexity index is 260. The summed E-state index contributed by atoms with van der Waals surface area (Å²) >= 11 is 0. The number of hydrogen-bond acceptors (Lipinski definition) is 6. The van der Waals surface area contributed by atoms with Crippen LogP contribution in [0, 0.1) is 5.92 Å². The number of unbranched alkanes of at least 4 members (excludes halogenated alkanes) is 1. The van der Waals surface area contributed by atoms with Crippen molar-refractivity contribution in [3.05, 3.63) is 0 Å². The van der Waals surface area contributed by atoms with Crippen molar-refractivity contribution >= 4 is 0 Å². The predicted octanol–water partition coefficient (Wildman–Crippen LogP) is 0.0193. The van der Waals surface area contributed by atoms with E-state index in [1.165, 1.54) is 0 Å². The van der Waals surface area contributed by atoms with E-state index in [-0.39, 0.29) is 0 Å². The van der Waals surface area contributed by atoms with Gasteiger partial charge in [0, 0.05) is 0 Å². The van der Waals surface area contributed by atoms with E-state index in [1.54, 1.807) is 0 Å². The number of rotatable bonds is 8. The van der Waals surface area contributed by atoms with E-state index in [9.17, 15) is 15.3 Å². The summed E-state index contributed by atoms with van der Waals surface area (Å²) in [4.78, 5) is 0. The van der Waals surface area contributed by atoms with Crippen LogP contribution in [0.3, 0.4) is 0 Å². The first-order valence-electron chi connectivity index (χ1n) is 7.47. The minimum Gasteiger partial charge on any atom is -0.394 e. The molecular weight excluding hydrogens is 264 g/mol. The number of hydrogen-bond donors (Lipinski definition) is 4. The normalized spacial score (nSPS) is 36.0. The van der Waals surface area contributed by atoms with E-state index in [2.05, 4.69) is 13.8 Å². The Morgan fingerprint density at radius 2 is 1.80 bits per heavy atom. The van der Waals surface area contributed by atoms with Crippen LogP contribution in [0.5, 0.6) is 0 Å². The largest absolute Gasteiger partial charge is 0.394 e. The van der Waals surface area contributed by atoms with Crippen LogP contribution >= 0.6 is 0 Å². The van der Waals surface area contributed by atoms with Gasteiger partial charge in [0.15, 0.2) is 6.29 Å². The molecular formula is C14H28O6. The van der Waals surface area contributed by atoms with Gasteiger partial charge in [-0.2, -0.15) is 0 Å². The third-order valence-electron chi connectivity index (χ3n) is 3.89. The molecule has 6 heteroatoms. The maximum absolute atomic E-state index is 9.84. The highest BCUT2D eigenvalue weighted by molar-refractivity contribution is 4.88. The molecule has 6 atom stereocenters. The van der Waals surface area contributed by atoms with Gasteiger partial charge < -0.3 is 29.9 Å². The third-order valence-corrected chi connectivity index (χ3v) is 3.89. The zero-order valence-electron chi connectivity index (χ0n) is 12.3. The fraction of sp³-hybridized carbons (Fsp3) is 1.00. The second-order valence-corrected chi connectivity index (χ2v) is 5.45. The van der Waals surface area contributed by atoms with Gasteiger partial charge in [-0.1, -0.05) is 33.1 Å². The van der Waals surface area contributed by atoms with Crippen LogP contribution in [-0.4, -0.2) is 64.3 Å². The monoisotopic (exact) mass is 292 g/mol. The summed E-state index contributed by atoms with van der Waals surface area (Å²) in [7, 11) is 0. The van der Waals surface area contributed by atoms with Crippen molar-refractivity contribution in [2.45, 2.75) is 70.2 Å². The molecule has 1 aliphatic heterocycles. The zero-order valence-corrected chi connectivity index (χ0v) is 12.3. The summed E-state index contributed by atoms with van der Waals surface area (Å²) in [5.74, 6) is 0.377. The molecule has 0 aromatic rings. The van der Waals surface area contributed by atoms with Crippen molar-refractivity contribution in [2.24, 2.45) is 5.92 Å². The van der Waals surface area contributed by atoms with Crippen molar-refractivity contribution in [3.63, 3.8) is 0 Å². The van der Waals surface area contributed by atoms with Crippen LogP contribution in [0.2, 0.25) is 0 Å². The van der Waals surface area contributed by atoms with E-state index in [0.29, 0.717) is 12.5 Å². The van der Waals surface area contributed by atoms with E-state index in [0.717, 1.165) is 25.7 Å². The molecule has 0 amide bonds.